The number of nitrogens with one attached hydrogen (secondary N) is 3. The average molecular weight is 279 g/mol. The summed E-state index contributed by atoms with van der Waals surface area (Å²) in [5.74, 6) is 1.41. The van der Waals surface area contributed by atoms with Gasteiger partial charge in [0.2, 0.25) is 11.9 Å². The number of rotatable bonds is 8. The Morgan fingerprint density at radius 3 is 2.65 bits per heavy atom. The molecule has 0 aliphatic rings. The Bertz CT molecular complexity index is 434. The van der Waals surface area contributed by atoms with Crippen LogP contribution in [0.15, 0.2) is 6.07 Å². The fourth-order valence-electron chi connectivity index (χ4n) is 1.67. The van der Waals surface area contributed by atoms with Gasteiger partial charge in [-0.15, -0.1) is 0 Å². The zero-order valence-corrected chi connectivity index (χ0v) is 12.8. The van der Waals surface area contributed by atoms with Crippen LogP contribution in [0.25, 0.3) is 0 Å². The highest BCUT2D eigenvalue weighted by Crippen LogP contribution is 2.09. The molecule has 0 spiro atoms. The molecular formula is C14H25N5O. The third kappa shape index (κ3) is 6.36. The first-order valence-electron chi connectivity index (χ1n) is 7.14. The van der Waals surface area contributed by atoms with Crippen molar-refractivity contribution < 1.29 is 4.79 Å². The van der Waals surface area contributed by atoms with Gasteiger partial charge in [0.15, 0.2) is 0 Å². The smallest absolute Gasteiger partial charge is 0.224 e. The Balaban J connectivity index is 2.46. The SMILES string of the molecule is CCCNc1nc(C)cc(NCCC(=O)NC(C)C)n1. The maximum atomic E-state index is 11.5. The maximum Gasteiger partial charge on any atom is 0.224 e. The molecule has 0 aliphatic heterocycles. The summed E-state index contributed by atoms with van der Waals surface area (Å²) in [7, 11) is 0. The highest BCUT2D eigenvalue weighted by Gasteiger charge is 2.04. The predicted octanol–water partition coefficient (Wildman–Crippen LogP) is 1.93. The van der Waals surface area contributed by atoms with E-state index in [0.29, 0.717) is 18.9 Å². The van der Waals surface area contributed by atoms with E-state index in [0.717, 1.165) is 24.5 Å². The summed E-state index contributed by atoms with van der Waals surface area (Å²) in [6.07, 6.45) is 1.45. The normalized spacial score (nSPS) is 10.4. The molecule has 20 heavy (non-hydrogen) atoms. The largest absolute Gasteiger partial charge is 0.369 e. The second kappa shape index (κ2) is 8.35. The minimum atomic E-state index is 0.0441. The zero-order chi connectivity index (χ0) is 15.0. The fourth-order valence-corrected chi connectivity index (χ4v) is 1.67. The molecule has 0 aliphatic carbocycles. The molecule has 1 aromatic heterocycles. The van der Waals surface area contributed by atoms with Crippen LogP contribution < -0.4 is 16.0 Å². The molecule has 0 bridgehead atoms. The van der Waals surface area contributed by atoms with Crippen molar-refractivity contribution in [2.45, 2.75) is 46.6 Å². The van der Waals surface area contributed by atoms with Gasteiger partial charge in [-0.1, -0.05) is 6.92 Å². The van der Waals surface area contributed by atoms with E-state index >= 15 is 0 Å². The molecule has 6 nitrogen and oxygen atoms in total. The number of carbonyl (C=O) groups excluding carboxylic acids is 1. The third-order valence-electron chi connectivity index (χ3n) is 2.50. The van der Waals surface area contributed by atoms with Crippen molar-refractivity contribution in [3.8, 4) is 0 Å². The number of carbonyl (C=O) groups is 1. The zero-order valence-electron chi connectivity index (χ0n) is 12.8. The van der Waals surface area contributed by atoms with Crippen LogP contribution >= 0.6 is 0 Å². The van der Waals surface area contributed by atoms with Gasteiger partial charge in [0, 0.05) is 37.3 Å². The number of aryl methyl sites for hydroxylation is 1. The summed E-state index contributed by atoms with van der Waals surface area (Å²) in [4.78, 5) is 20.2. The highest BCUT2D eigenvalue weighted by atomic mass is 16.1. The van der Waals surface area contributed by atoms with Gasteiger partial charge in [-0.2, -0.15) is 4.98 Å². The van der Waals surface area contributed by atoms with Gasteiger partial charge in [0.25, 0.3) is 0 Å². The van der Waals surface area contributed by atoms with Crippen molar-refractivity contribution in [2.24, 2.45) is 0 Å². The van der Waals surface area contributed by atoms with Gasteiger partial charge >= 0.3 is 0 Å². The first kappa shape index (κ1) is 16.2. The molecule has 112 valence electrons. The topological polar surface area (TPSA) is 78.9 Å². The van der Waals surface area contributed by atoms with Crippen LogP contribution in [0.4, 0.5) is 11.8 Å². The Labute approximate surface area is 120 Å². The van der Waals surface area contributed by atoms with E-state index in [9.17, 15) is 4.79 Å². The van der Waals surface area contributed by atoms with Crippen molar-refractivity contribution >= 4 is 17.7 Å². The summed E-state index contributed by atoms with van der Waals surface area (Å²) in [6.45, 7) is 9.32. The van der Waals surface area contributed by atoms with Gasteiger partial charge in [0.1, 0.15) is 5.82 Å². The van der Waals surface area contributed by atoms with Crippen LogP contribution in [0.1, 0.15) is 39.3 Å². The predicted molar refractivity (Wildman–Crippen MR) is 81.9 cm³/mol. The number of hydrogen-bond donors (Lipinski definition) is 3. The molecule has 0 aromatic carbocycles. The van der Waals surface area contributed by atoms with Gasteiger partial charge in [-0.25, -0.2) is 4.98 Å². The Morgan fingerprint density at radius 1 is 1.25 bits per heavy atom. The van der Waals surface area contributed by atoms with Crippen molar-refractivity contribution in [1.82, 2.24) is 15.3 Å². The second-order valence-corrected chi connectivity index (χ2v) is 5.04. The molecular weight excluding hydrogens is 254 g/mol. The van der Waals surface area contributed by atoms with Gasteiger partial charge < -0.3 is 16.0 Å². The quantitative estimate of drug-likeness (QED) is 0.677. The van der Waals surface area contributed by atoms with Gasteiger partial charge in [-0.05, 0) is 27.2 Å². The lowest BCUT2D eigenvalue weighted by Crippen LogP contribution is -2.31. The first-order chi connectivity index (χ1) is 9.51. The van der Waals surface area contributed by atoms with E-state index < -0.39 is 0 Å². The summed E-state index contributed by atoms with van der Waals surface area (Å²) >= 11 is 0. The molecule has 0 radical (unpaired) electrons. The number of hydrogen-bond acceptors (Lipinski definition) is 5. The monoisotopic (exact) mass is 279 g/mol. The summed E-state index contributed by atoms with van der Waals surface area (Å²) < 4.78 is 0. The minimum absolute atomic E-state index is 0.0441. The molecule has 1 amide bonds. The fraction of sp³-hybridized carbons (Fsp3) is 0.643. The summed E-state index contributed by atoms with van der Waals surface area (Å²) in [5, 5.41) is 9.17. The van der Waals surface area contributed by atoms with Crippen LogP contribution in [0.2, 0.25) is 0 Å². The van der Waals surface area contributed by atoms with E-state index in [4.69, 9.17) is 0 Å². The average Bonchev–Trinajstić information content (AvgIpc) is 2.35. The van der Waals surface area contributed by atoms with E-state index in [-0.39, 0.29) is 11.9 Å². The van der Waals surface area contributed by atoms with Crippen molar-refractivity contribution in [3.05, 3.63) is 11.8 Å². The van der Waals surface area contributed by atoms with Gasteiger partial charge in [-0.3, -0.25) is 4.79 Å². The molecule has 0 saturated carbocycles. The number of anilines is 2. The standard InChI is InChI=1S/C14H25N5O/c1-5-7-16-14-18-11(4)9-12(19-14)15-8-6-13(20)17-10(2)3/h9-10H,5-8H2,1-4H3,(H,17,20)(H2,15,16,18,19). The molecule has 0 fully saturated rings. The van der Waals surface area contributed by atoms with Crippen LogP contribution in [-0.4, -0.2) is 35.0 Å². The molecule has 1 aromatic rings. The lowest BCUT2D eigenvalue weighted by molar-refractivity contribution is -0.121. The molecule has 0 unspecified atom stereocenters. The van der Waals surface area contributed by atoms with E-state index in [1.807, 2.05) is 26.8 Å². The van der Waals surface area contributed by atoms with Crippen LogP contribution in [0, 0.1) is 6.92 Å². The van der Waals surface area contributed by atoms with Crippen molar-refractivity contribution in [3.63, 3.8) is 0 Å². The van der Waals surface area contributed by atoms with E-state index in [1.165, 1.54) is 0 Å². The molecule has 6 heteroatoms. The van der Waals surface area contributed by atoms with Crippen LogP contribution in [-0.2, 0) is 4.79 Å². The number of amides is 1. The Hall–Kier alpha value is -1.85. The van der Waals surface area contributed by atoms with Crippen LogP contribution in [0.3, 0.4) is 0 Å². The number of aromatic nitrogens is 2. The molecule has 1 rings (SSSR count). The summed E-state index contributed by atoms with van der Waals surface area (Å²) in [5.41, 5.74) is 0.896. The lowest BCUT2D eigenvalue weighted by Gasteiger charge is -2.10. The molecule has 0 atom stereocenters. The number of nitrogens with zero attached hydrogens (tertiary/aromatic N) is 2. The Kier molecular flexibility index (Phi) is 6.76. The summed E-state index contributed by atoms with van der Waals surface area (Å²) in [6, 6.07) is 2.05. The maximum absolute atomic E-state index is 11.5. The highest BCUT2D eigenvalue weighted by molar-refractivity contribution is 5.76. The first-order valence-corrected chi connectivity index (χ1v) is 7.14. The van der Waals surface area contributed by atoms with Gasteiger partial charge in [0.05, 0.1) is 0 Å². The lowest BCUT2D eigenvalue weighted by atomic mass is 10.3. The van der Waals surface area contributed by atoms with E-state index in [1.54, 1.807) is 0 Å². The third-order valence-corrected chi connectivity index (χ3v) is 2.50. The molecule has 3 N–H and O–H groups in total. The van der Waals surface area contributed by atoms with Crippen molar-refractivity contribution in [2.75, 3.05) is 23.7 Å². The van der Waals surface area contributed by atoms with E-state index in [2.05, 4.69) is 32.8 Å². The molecule has 1 heterocycles. The second-order valence-electron chi connectivity index (χ2n) is 5.04. The molecule has 0 saturated heterocycles. The van der Waals surface area contributed by atoms with Crippen molar-refractivity contribution in [1.29, 1.82) is 0 Å². The minimum Gasteiger partial charge on any atom is -0.369 e. The Morgan fingerprint density at radius 2 is 2.00 bits per heavy atom. The van der Waals surface area contributed by atoms with Crippen LogP contribution in [0.5, 0.6) is 0 Å².